The van der Waals surface area contributed by atoms with Gasteiger partial charge in [0, 0.05) is 10.2 Å². The van der Waals surface area contributed by atoms with Crippen molar-refractivity contribution in [3.05, 3.63) is 24.3 Å². The molecule has 0 saturated carbocycles. The Bertz CT molecular complexity index is 235. The van der Waals surface area contributed by atoms with Crippen LogP contribution in [0.4, 0.5) is 0 Å². The number of benzene rings is 1. The van der Waals surface area contributed by atoms with Crippen LogP contribution in [-0.4, -0.2) is 18.2 Å². The second-order valence-corrected chi connectivity index (χ2v) is 4.53. The first-order valence-corrected chi connectivity index (χ1v) is 6.30. The molecule has 0 amide bonds. The molecule has 0 aliphatic heterocycles. The van der Waals surface area contributed by atoms with Crippen molar-refractivity contribution in [2.24, 2.45) is 0 Å². The first kappa shape index (κ1) is 10.9. The maximum absolute atomic E-state index is 5.08. The van der Waals surface area contributed by atoms with E-state index in [0.717, 1.165) is 16.8 Å². The van der Waals surface area contributed by atoms with Crippen LogP contribution in [-0.2, 0) is 0 Å². The Balaban J connectivity index is 2.40. The van der Waals surface area contributed by atoms with Crippen LogP contribution in [0.25, 0.3) is 0 Å². The fourth-order valence-electron chi connectivity index (χ4n) is 0.917. The molecule has 3 heteroatoms. The fraction of sp³-hybridized carbons (Fsp3) is 0.400. The smallest absolute Gasteiger partial charge is 0.118 e. The van der Waals surface area contributed by atoms with Gasteiger partial charge in [0.2, 0.25) is 0 Å². The van der Waals surface area contributed by atoms with Gasteiger partial charge in [0.1, 0.15) is 5.75 Å². The molecule has 1 nitrogen and oxygen atoms in total. The SMILES string of the molecule is COc1ccc(SCCCBr)cc1. The molecule has 0 N–H and O–H groups in total. The number of alkyl halides is 1. The number of methoxy groups -OCH3 is 1. The molecule has 0 unspecified atom stereocenters. The second kappa shape index (κ2) is 6.33. The number of hydrogen-bond donors (Lipinski definition) is 0. The van der Waals surface area contributed by atoms with Crippen LogP contribution < -0.4 is 4.74 Å². The van der Waals surface area contributed by atoms with Crippen molar-refractivity contribution in [2.75, 3.05) is 18.2 Å². The molecule has 0 radical (unpaired) electrons. The van der Waals surface area contributed by atoms with Crippen molar-refractivity contribution >= 4 is 27.7 Å². The van der Waals surface area contributed by atoms with E-state index in [2.05, 4.69) is 28.1 Å². The average molecular weight is 261 g/mol. The normalized spacial score (nSPS) is 10.0. The van der Waals surface area contributed by atoms with E-state index < -0.39 is 0 Å². The minimum Gasteiger partial charge on any atom is -0.497 e. The maximum Gasteiger partial charge on any atom is 0.118 e. The van der Waals surface area contributed by atoms with E-state index in [1.165, 1.54) is 11.3 Å². The molecule has 0 aromatic heterocycles. The third-order valence-corrected chi connectivity index (χ3v) is 3.27. The molecule has 13 heavy (non-hydrogen) atoms. The van der Waals surface area contributed by atoms with Gasteiger partial charge in [-0.25, -0.2) is 0 Å². The molecule has 1 aromatic rings. The molecule has 0 aliphatic carbocycles. The highest BCUT2D eigenvalue weighted by Crippen LogP contribution is 2.21. The zero-order valence-electron chi connectivity index (χ0n) is 7.63. The monoisotopic (exact) mass is 260 g/mol. The summed E-state index contributed by atoms with van der Waals surface area (Å²) in [6.07, 6.45) is 1.21. The average Bonchev–Trinajstić information content (AvgIpc) is 2.19. The lowest BCUT2D eigenvalue weighted by atomic mass is 10.3. The topological polar surface area (TPSA) is 9.23 Å². The maximum atomic E-state index is 5.08. The van der Waals surface area contributed by atoms with Crippen LogP contribution in [0.5, 0.6) is 5.75 Å². The lowest BCUT2D eigenvalue weighted by molar-refractivity contribution is 0.414. The largest absolute Gasteiger partial charge is 0.497 e. The molecular formula is C10H13BrOS. The summed E-state index contributed by atoms with van der Waals surface area (Å²) in [6.45, 7) is 0. The Morgan fingerprint density at radius 1 is 1.31 bits per heavy atom. The lowest BCUT2D eigenvalue weighted by Crippen LogP contribution is -1.83. The minimum absolute atomic E-state index is 0.921. The second-order valence-electron chi connectivity index (χ2n) is 2.57. The summed E-state index contributed by atoms with van der Waals surface area (Å²) >= 11 is 5.29. The number of halogens is 1. The molecule has 0 bridgehead atoms. The molecular weight excluding hydrogens is 248 g/mol. The summed E-state index contributed by atoms with van der Waals surface area (Å²) in [7, 11) is 1.69. The summed E-state index contributed by atoms with van der Waals surface area (Å²) in [5, 5.41) is 1.08. The quantitative estimate of drug-likeness (QED) is 0.455. The van der Waals surface area contributed by atoms with Crippen LogP contribution >= 0.6 is 27.7 Å². The molecule has 0 fully saturated rings. The first-order chi connectivity index (χ1) is 6.36. The summed E-state index contributed by atoms with van der Waals surface area (Å²) in [5.41, 5.74) is 0. The van der Waals surface area contributed by atoms with Gasteiger partial charge < -0.3 is 4.74 Å². The van der Waals surface area contributed by atoms with Crippen molar-refractivity contribution in [1.82, 2.24) is 0 Å². The lowest BCUT2D eigenvalue weighted by Gasteiger charge is -2.02. The van der Waals surface area contributed by atoms with Gasteiger partial charge in [-0.1, -0.05) is 15.9 Å². The predicted octanol–water partition coefficient (Wildman–Crippen LogP) is 3.57. The van der Waals surface area contributed by atoms with Crippen LogP contribution in [0.15, 0.2) is 29.2 Å². The Morgan fingerprint density at radius 3 is 2.54 bits per heavy atom. The van der Waals surface area contributed by atoms with Gasteiger partial charge in [-0.05, 0) is 36.4 Å². The molecule has 72 valence electrons. The van der Waals surface area contributed by atoms with E-state index in [-0.39, 0.29) is 0 Å². The summed E-state index contributed by atoms with van der Waals surface area (Å²) < 4.78 is 5.08. The molecule has 0 saturated heterocycles. The van der Waals surface area contributed by atoms with E-state index in [9.17, 15) is 0 Å². The summed E-state index contributed by atoms with van der Waals surface area (Å²) in [5.74, 6) is 2.09. The van der Waals surface area contributed by atoms with Gasteiger partial charge in [0.25, 0.3) is 0 Å². The molecule has 1 rings (SSSR count). The van der Waals surface area contributed by atoms with Crippen molar-refractivity contribution < 1.29 is 4.74 Å². The van der Waals surface area contributed by atoms with Gasteiger partial charge in [0.15, 0.2) is 0 Å². The molecule has 1 aromatic carbocycles. The van der Waals surface area contributed by atoms with Crippen LogP contribution in [0.1, 0.15) is 6.42 Å². The van der Waals surface area contributed by atoms with Crippen molar-refractivity contribution in [1.29, 1.82) is 0 Å². The Labute approximate surface area is 92.0 Å². The standard InChI is InChI=1S/C10H13BrOS/c1-12-9-3-5-10(6-4-9)13-8-2-7-11/h3-6H,2,7-8H2,1H3. The van der Waals surface area contributed by atoms with Gasteiger partial charge in [-0.2, -0.15) is 0 Å². The number of hydrogen-bond acceptors (Lipinski definition) is 2. The highest BCUT2D eigenvalue weighted by Gasteiger charge is 1.94. The number of rotatable bonds is 5. The molecule has 0 spiro atoms. The van der Waals surface area contributed by atoms with Gasteiger partial charge in [-0.3, -0.25) is 0 Å². The number of ether oxygens (including phenoxy) is 1. The molecule has 0 aliphatic rings. The Hall–Kier alpha value is -0.150. The van der Waals surface area contributed by atoms with E-state index >= 15 is 0 Å². The number of thioether (sulfide) groups is 1. The third-order valence-electron chi connectivity index (χ3n) is 1.61. The van der Waals surface area contributed by atoms with Gasteiger partial charge >= 0.3 is 0 Å². The van der Waals surface area contributed by atoms with Crippen molar-refractivity contribution in [3.63, 3.8) is 0 Å². The molecule has 0 atom stereocenters. The van der Waals surface area contributed by atoms with Crippen molar-refractivity contribution in [3.8, 4) is 5.75 Å². The summed E-state index contributed by atoms with van der Waals surface area (Å²) in [6, 6.07) is 8.18. The third kappa shape index (κ3) is 4.05. The first-order valence-electron chi connectivity index (χ1n) is 4.19. The molecule has 0 heterocycles. The van der Waals surface area contributed by atoms with Gasteiger partial charge in [0.05, 0.1) is 7.11 Å². The van der Waals surface area contributed by atoms with E-state index in [1.54, 1.807) is 7.11 Å². The Morgan fingerprint density at radius 2 is 2.00 bits per heavy atom. The zero-order chi connectivity index (χ0) is 9.52. The zero-order valence-corrected chi connectivity index (χ0v) is 10.0. The van der Waals surface area contributed by atoms with E-state index in [4.69, 9.17) is 4.74 Å². The predicted molar refractivity (Wildman–Crippen MR) is 62.1 cm³/mol. The Kier molecular flexibility index (Phi) is 5.32. The minimum atomic E-state index is 0.921. The van der Waals surface area contributed by atoms with Crippen LogP contribution in [0.3, 0.4) is 0 Å². The summed E-state index contributed by atoms with van der Waals surface area (Å²) in [4.78, 5) is 1.31. The van der Waals surface area contributed by atoms with Crippen LogP contribution in [0, 0.1) is 0 Å². The van der Waals surface area contributed by atoms with Gasteiger partial charge in [-0.15, -0.1) is 11.8 Å². The highest BCUT2D eigenvalue weighted by molar-refractivity contribution is 9.09. The highest BCUT2D eigenvalue weighted by atomic mass is 79.9. The van der Waals surface area contributed by atoms with Crippen LogP contribution in [0.2, 0.25) is 0 Å². The van der Waals surface area contributed by atoms with Crippen molar-refractivity contribution in [2.45, 2.75) is 11.3 Å². The van der Waals surface area contributed by atoms with E-state index in [1.807, 2.05) is 23.9 Å². The fourth-order valence-corrected chi connectivity index (χ4v) is 2.42. The van der Waals surface area contributed by atoms with E-state index in [0.29, 0.717) is 0 Å².